The SMILES string of the molecule is CCCCOc1ccccc1-c1cc2c(=O)n(CCC(=O)NCc3ccc(F)cc3)ccn2n1. The van der Waals surface area contributed by atoms with Crippen LogP contribution in [0, 0.1) is 5.82 Å². The van der Waals surface area contributed by atoms with E-state index in [4.69, 9.17) is 4.74 Å². The number of hydrogen-bond donors (Lipinski definition) is 1. The molecular formula is C26H27FN4O3. The van der Waals surface area contributed by atoms with Crippen LogP contribution >= 0.6 is 0 Å². The van der Waals surface area contributed by atoms with E-state index >= 15 is 0 Å². The second-order valence-electron chi connectivity index (χ2n) is 8.01. The molecule has 0 bridgehead atoms. The van der Waals surface area contributed by atoms with E-state index < -0.39 is 0 Å². The number of unbranched alkanes of at least 4 members (excludes halogenated alkanes) is 1. The van der Waals surface area contributed by atoms with Gasteiger partial charge in [-0.1, -0.05) is 37.6 Å². The molecule has 4 rings (SSSR count). The number of carbonyl (C=O) groups excluding carboxylic acids is 1. The summed E-state index contributed by atoms with van der Waals surface area (Å²) < 4.78 is 22.0. The molecule has 4 aromatic rings. The van der Waals surface area contributed by atoms with Gasteiger partial charge in [0.25, 0.3) is 5.56 Å². The quantitative estimate of drug-likeness (QED) is 0.359. The Morgan fingerprint density at radius 1 is 1.12 bits per heavy atom. The zero-order valence-electron chi connectivity index (χ0n) is 19.0. The Balaban J connectivity index is 1.45. The van der Waals surface area contributed by atoms with Crippen LogP contribution in [0.25, 0.3) is 16.8 Å². The smallest absolute Gasteiger partial charge is 0.276 e. The molecule has 7 nitrogen and oxygen atoms in total. The first-order chi connectivity index (χ1) is 16.5. The lowest BCUT2D eigenvalue weighted by Crippen LogP contribution is -2.27. The molecule has 0 saturated carbocycles. The van der Waals surface area contributed by atoms with Crippen LogP contribution in [-0.2, 0) is 17.9 Å². The lowest BCUT2D eigenvalue weighted by atomic mass is 10.1. The Labute approximate surface area is 196 Å². The van der Waals surface area contributed by atoms with Crippen LogP contribution in [0.5, 0.6) is 5.75 Å². The van der Waals surface area contributed by atoms with Crippen molar-refractivity contribution in [2.45, 2.75) is 39.3 Å². The standard InChI is InChI=1S/C26H27FN4O3/c1-2-3-16-34-24-7-5-4-6-21(24)22-17-23-26(33)30(14-15-31(23)29-22)13-12-25(32)28-18-19-8-10-20(27)11-9-19/h4-11,14-15,17H,2-3,12-13,16,18H2,1H3,(H,28,32). The van der Waals surface area contributed by atoms with Crippen molar-refractivity contribution in [1.82, 2.24) is 19.5 Å². The molecule has 8 heteroatoms. The summed E-state index contributed by atoms with van der Waals surface area (Å²) in [5.74, 6) is 0.223. The van der Waals surface area contributed by atoms with E-state index in [0.717, 1.165) is 29.7 Å². The van der Waals surface area contributed by atoms with E-state index in [1.165, 1.54) is 16.7 Å². The van der Waals surface area contributed by atoms with Crippen molar-refractivity contribution in [3.63, 3.8) is 0 Å². The number of ether oxygens (including phenoxy) is 1. The Morgan fingerprint density at radius 3 is 2.71 bits per heavy atom. The molecule has 0 aliphatic rings. The molecule has 0 saturated heterocycles. The van der Waals surface area contributed by atoms with Crippen molar-refractivity contribution < 1.29 is 13.9 Å². The highest BCUT2D eigenvalue weighted by Gasteiger charge is 2.13. The molecule has 1 amide bonds. The molecule has 2 aromatic carbocycles. The number of aryl methyl sites for hydroxylation is 1. The minimum Gasteiger partial charge on any atom is -0.493 e. The second-order valence-corrected chi connectivity index (χ2v) is 8.01. The van der Waals surface area contributed by atoms with Gasteiger partial charge in [-0.15, -0.1) is 0 Å². The normalized spacial score (nSPS) is 11.0. The number of benzene rings is 2. The van der Waals surface area contributed by atoms with Crippen molar-refractivity contribution in [2.24, 2.45) is 0 Å². The van der Waals surface area contributed by atoms with E-state index in [-0.39, 0.29) is 30.2 Å². The fraction of sp³-hybridized carbons (Fsp3) is 0.269. The molecule has 2 aromatic heterocycles. The fourth-order valence-corrected chi connectivity index (χ4v) is 3.58. The van der Waals surface area contributed by atoms with Crippen molar-refractivity contribution in [2.75, 3.05) is 6.61 Å². The predicted molar refractivity (Wildman–Crippen MR) is 128 cm³/mol. The zero-order valence-corrected chi connectivity index (χ0v) is 19.0. The third-order valence-corrected chi connectivity index (χ3v) is 5.50. The van der Waals surface area contributed by atoms with Gasteiger partial charge in [0.05, 0.1) is 12.3 Å². The molecule has 0 aliphatic heterocycles. The monoisotopic (exact) mass is 462 g/mol. The number of halogens is 1. The van der Waals surface area contributed by atoms with Gasteiger partial charge in [-0.25, -0.2) is 8.91 Å². The molecule has 0 fully saturated rings. The fourth-order valence-electron chi connectivity index (χ4n) is 3.58. The van der Waals surface area contributed by atoms with Crippen molar-refractivity contribution >= 4 is 11.4 Å². The Bertz CT molecular complexity index is 1330. The molecule has 2 heterocycles. The van der Waals surface area contributed by atoms with Gasteiger partial charge in [-0.05, 0) is 42.3 Å². The van der Waals surface area contributed by atoms with Gasteiger partial charge < -0.3 is 14.6 Å². The first kappa shape index (κ1) is 23.2. The average molecular weight is 463 g/mol. The minimum atomic E-state index is -0.319. The van der Waals surface area contributed by atoms with E-state index in [1.807, 2.05) is 24.3 Å². The van der Waals surface area contributed by atoms with Gasteiger partial charge in [0, 0.05) is 37.5 Å². The van der Waals surface area contributed by atoms with E-state index in [1.54, 1.807) is 35.1 Å². The lowest BCUT2D eigenvalue weighted by molar-refractivity contribution is -0.121. The van der Waals surface area contributed by atoms with Gasteiger partial charge in [-0.3, -0.25) is 9.59 Å². The van der Waals surface area contributed by atoms with Gasteiger partial charge >= 0.3 is 0 Å². The van der Waals surface area contributed by atoms with E-state index in [0.29, 0.717) is 24.4 Å². The van der Waals surface area contributed by atoms with Crippen LogP contribution in [0.1, 0.15) is 31.7 Å². The van der Waals surface area contributed by atoms with E-state index in [2.05, 4.69) is 17.3 Å². The summed E-state index contributed by atoms with van der Waals surface area (Å²) in [6, 6.07) is 15.3. The van der Waals surface area contributed by atoms with Crippen molar-refractivity contribution in [3.05, 3.63) is 88.7 Å². The van der Waals surface area contributed by atoms with Gasteiger partial charge in [-0.2, -0.15) is 5.10 Å². The number of amides is 1. The van der Waals surface area contributed by atoms with Crippen LogP contribution in [-0.4, -0.2) is 26.7 Å². The topological polar surface area (TPSA) is 77.6 Å². The average Bonchev–Trinajstić information content (AvgIpc) is 3.29. The van der Waals surface area contributed by atoms with E-state index in [9.17, 15) is 14.0 Å². The molecule has 176 valence electrons. The number of nitrogens with zero attached hydrogens (tertiary/aromatic N) is 3. The number of fused-ring (bicyclic) bond motifs is 1. The van der Waals surface area contributed by atoms with Crippen LogP contribution in [0.4, 0.5) is 4.39 Å². The van der Waals surface area contributed by atoms with Crippen molar-refractivity contribution in [1.29, 1.82) is 0 Å². The molecular weight excluding hydrogens is 435 g/mol. The first-order valence-corrected chi connectivity index (χ1v) is 11.4. The molecule has 0 aliphatic carbocycles. The lowest BCUT2D eigenvalue weighted by Gasteiger charge is -2.09. The number of rotatable bonds is 10. The highest BCUT2D eigenvalue weighted by atomic mass is 19.1. The molecule has 1 N–H and O–H groups in total. The molecule has 0 radical (unpaired) electrons. The largest absolute Gasteiger partial charge is 0.493 e. The molecule has 0 unspecified atom stereocenters. The summed E-state index contributed by atoms with van der Waals surface area (Å²) in [6.45, 7) is 3.27. The minimum absolute atomic E-state index is 0.145. The summed E-state index contributed by atoms with van der Waals surface area (Å²) in [5, 5.41) is 7.35. The zero-order chi connectivity index (χ0) is 23.9. The predicted octanol–water partition coefficient (Wildman–Crippen LogP) is 4.19. The van der Waals surface area contributed by atoms with Gasteiger partial charge in [0.1, 0.15) is 17.1 Å². The van der Waals surface area contributed by atoms with Crippen LogP contribution in [0.3, 0.4) is 0 Å². The molecule has 34 heavy (non-hydrogen) atoms. The van der Waals surface area contributed by atoms with Gasteiger partial charge in [0.15, 0.2) is 0 Å². The van der Waals surface area contributed by atoms with Gasteiger partial charge in [0.2, 0.25) is 5.91 Å². The maximum absolute atomic E-state index is 13.0. The third kappa shape index (κ3) is 5.51. The summed E-state index contributed by atoms with van der Waals surface area (Å²) in [4.78, 5) is 25.2. The second kappa shape index (κ2) is 10.8. The maximum atomic E-state index is 13.0. The Hall–Kier alpha value is -3.94. The highest BCUT2D eigenvalue weighted by molar-refractivity contribution is 5.75. The summed E-state index contributed by atoms with van der Waals surface area (Å²) in [5.41, 5.74) is 2.48. The molecule has 0 atom stereocenters. The number of nitrogens with one attached hydrogen (secondary N) is 1. The van der Waals surface area contributed by atoms with Crippen LogP contribution in [0.15, 0.2) is 71.8 Å². The summed E-state index contributed by atoms with van der Waals surface area (Å²) in [6.07, 6.45) is 5.48. The first-order valence-electron chi connectivity index (χ1n) is 11.4. The Kier molecular flexibility index (Phi) is 7.37. The van der Waals surface area contributed by atoms with Crippen LogP contribution in [0.2, 0.25) is 0 Å². The summed E-state index contributed by atoms with van der Waals surface area (Å²) in [7, 11) is 0. The van der Waals surface area contributed by atoms with Crippen LogP contribution < -0.4 is 15.6 Å². The third-order valence-electron chi connectivity index (χ3n) is 5.50. The number of para-hydroxylation sites is 1. The number of carbonyl (C=O) groups is 1. The Morgan fingerprint density at radius 2 is 1.91 bits per heavy atom. The summed E-state index contributed by atoms with van der Waals surface area (Å²) >= 11 is 0. The maximum Gasteiger partial charge on any atom is 0.276 e. The molecule has 0 spiro atoms. The van der Waals surface area contributed by atoms with Crippen molar-refractivity contribution in [3.8, 4) is 17.0 Å². The number of hydrogen-bond acceptors (Lipinski definition) is 4. The number of aromatic nitrogens is 3. The highest BCUT2D eigenvalue weighted by Crippen LogP contribution is 2.29.